The monoisotopic (exact) mass is 436 g/mol. The van der Waals surface area contributed by atoms with Crippen molar-refractivity contribution in [3.8, 4) is 0 Å². The Balaban J connectivity index is 1.70. The molecule has 3 rings (SSSR count). The highest BCUT2D eigenvalue weighted by Gasteiger charge is 2.24. The van der Waals surface area contributed by atoms with E-state index >= 15 is 0 Å². The number of nitrogens with zero attached hydrogens (tertiary/aromatic N) is 3. The van der Waals surface area contributed by atoms with Gasteiger partial charge >= 0.3 is 12.0 Å². The van der Waals surface area contributed by atoms with Crippen LogP contribution in [0.25, 0.3) is 0 Å². The van der Waals surface area contributed by atoms with Gasteiger partial charge in [0.25, 0.3) is 0 Å². The van der Waals surface area contributed by atoms with Crippen molar-refractivity contribution < 1.29 is 14.3 Å². The Morgan fingerprint density at radius 2 is 2.03 bits per heavy atom. The minimum Gasteiger partial charge on any atom is -0.468 e. The lowest BCUT2D eigenvalue weighted by atomic mass is 9.97. The summed E-state index contributed by atoms with van der Waals surface area (Å²) in [5.74, 6) is -0.495. The van der Waals surface area contributed by atoms with Gasteiger partial charge in [0, 0.05) is 31.2 Å². The standard InChI is InChI=1S/C23H28N6O3/c1-3-9-25-23(31)28-18-6-4-5-17(10-18)13-29-14-20(27-15-29)19(22(30)32-2)11-16-7-8-21(24)26-12-16/h4-8,10,12,14-15,19H,3,9,11,13H2,1-2H3,(H2,24,26)(H2,25,28,31). The van der Waals surface area contributed by atoms with E-state index in [1.54, 1.807) is 18.6 Å². The molecule has 2 amide bonds. The van der Waals surface area contributed by atoms with Gasteiger partial charge in [-0.05, 0) is 42.2 Å². The van der Waals surface area contributed by atoms with Gasteiger partial charge in [-0.25, -0.2) is 14.8 Å². The summed E-state index contributed by atoms with van der Waals surface area (Å²) < 4.78 is 6.88. The fourth-order valence-electron chi connectivity index (χ4n) is 3.26. The number of pyridine rings is 1. The first kappa shape index (κ1) is 22.8. The maximum absolute atomic E-state index is 12.4. The average Bonchev–Trinajstić information content (AvgIpc) is 3.25. The van der Waals surface area contributed by atoms with Crippen LogP contribution < -0.4 is 16.4 Å². The van der Waals surface area contributed by atoms with E-state index in [0.717, 1.165) is 17.5 Å². The number of imidazole rings is 1. The third kappa shape index (κ3) is 6.31. The number of methoxy groups -OCH3 is 1. The van der Waals surface area contributed by atoms with Crippen LogP contribution in [-0.4, -0.2) is 40.2 Å². The Bertz CT molecular complexity index is 1050. The van der Waals surface area contributed by atoms with Gasteiger partial charge in [0.15, 0.2) is 0 Å². The van der Waals surface area contributed by atoms with Gasteiger partial charge in [-0.15, -0.1) is 0 Å². The molecular weight excluding hydrogens is 408 g/mol. The van der Waals surface area contributed by atoms with Gasteiger partial charge in [-0.2, -0.15) is 0 Å². The van der Waals surface area contributed by atoms with Crippen molar-refractivity contribution in [3.05, 3.63) is 71.9 Å². The van der Waals surface area contributed by atoms with Crippen LogP contribution in [-0.2, 0) is 22.5 Å². The minimum atomic E-state index is -0.554. The molecule has 1 unspecified atom stereocenters. The molecule has 2 heterocycles. The van der Waals surface area contributed by atoms with Crippen molar-refractivity contribution in [1.29, 1.82) is 0 Å². The molecule has 0 bridgehead atoms. The molecule has 168 valence electrons. The third-order valence-corrected chi connectivity index (χ3v) is 4.87. The number of amides is 2. The molecule has 0 aliphatic rings. The highest BCUT2D eigenvalue weighted by molar-refractivity contribution is 5.89. The molecule has 0 spiro atoms. The smallest absolute Gasteiger partial charge is 0.319 e. The molecule has 1 aromatic carbocycles. The van der Waals surface area contributed by atoms with Crippen LogP contribution in [0.15, 0.2) is 55.1 Å². The lowest BCUT2D eigenvalue weighted by Gasteiger charge is -2.12. The number of anilines is 2. The van der Waals surface area contributed by atoms with Crippen LogP contribution in [0.3, 0.4) is 0 Å². The summed E-state index contributed by atoms with van der Waals surface area (Å²) in [6.45, 7) is 3.16. The third-order valence-electron chi connectivity index (χ3n) is 4.87. The molecule has 0 aliphatic heterocycles. The van der Waals surface area contributed by atoms with Crippen molar-refractivity contribution in [3.63, 3.8) is 0 Å². The molecule has 9 nitrogen and oxygen atoms in total. The SMILES string of the molecule is CCCNC(=O)Nc1cccc(Cn2cnc(C(Cc3ccc(N)nc3)C(=O)OC)c2)c1. The number of carbonyl (C=O) groups is 2. The molecule has 0 saturated carbocycles. The highest BCUT2D eigenvalue weighted by Crippen LogP contribution is 2.22. The lowest BCUT2D eigenvalue weighted by Crippen LogP contribution is -2.29. The first-order valence-electron chi connectivity index (χ1n) is 10.4. The first-order chi connectivity index (χ1) is 15.5. The van der Waals surface area contributed by atoms with Gasteiger partial charge in [-0.1, -0.05) is 25.1 Å². The summed E-state index contributed by atoms with van der Waals surface area (Å²) in [7, 11) is 1.36. The molecule has 0 fully saturated rings. The largest absolute Gasteiger partial charge is 0.468 e. The second-order valence-electron chi connectivity index (χ2n) is 7.42. The number of nitrogens with one attached hydrogen (secondary N) is 2. The molecule has 1 atom stereocenters. The van der Waals surface area contributed by atoms with E-state index < -0.39 is 5.92 Å². The maximum Gasteiger partial charge on any atom is 0.319 e. The fourth-order valence-corrected chi connectivity index (χ4v) is 3.26. The number of aromatic nitrogens is 3. The first-order valence-corrected chi connectivity index (χ1v) is 10.4. The highest BCUT2D eigenvalue weighted by atomic mass is 16.5. The Morgan fingerprint density at radius 1 is 1.19 bits per heavy atom. The number of carbonyl (C=O) groups excluding carboxylic acids is 2. The van der Waals surface area contributed by atoms with E-state index in [1.165, 1.54) is 7.11 Å². The van der Waals surface area contributed by atoms with E-state index in [0.29, 0.717) is 36.7 Å². The number of esters is 1. The van der Waals surface area contributed by atoms with Crippen LogP contribution >= 0.6 is 0 Å². The molecule has 0 aliphatic carbocycles. The predicted octanol–water partition coefficient (Wildman–Crippen LogP) is 2.94. The summed E-state index contributed by atoms with van der Waals surface area (Å²) in [5.41, 5.74) is 8.82. The zero-order valence-electron chi connectivity index (χ0n) is 18.2. The average molecular weight is 437 g/mol. The van der Waals surface area contributed by atoms with Crippen molar-refractivity contribution in [2.45, 2.75) is 32.2 Å². The van der Waals surface area contributed by atoms with Crippen LogP contribution in [0.4, 0.5) is 16.3 Å². The van der Waals surface area contributed by atoms with Gasteiger partial charge in [0.1, 0.15) is 11.7 Å². The molecule has 9 heteroatoms. The number of nitrogen functional groups attached to an aromatic ring is 1. The van der Waals surface area contributed by atoms with Crippen molar-refractivity contribution in [1.82, 2.24) is 19.9 Å². The fraction of sp³-hybridized carbons (Fsp3) is 0.304. The quantitative estimate of drug-likeness (QED) is 0.443. The van der Waals surface area contributed by atoms with Gasteiger partial charge in [0.2, 0.25) is 0 Å². The maximum atomic E-state index is 12.4. The van der Waals surface area contributed by atoms with Gasteiger partial charge in [0.05, 0.1) is 19.1 Å². The predicted molar refractivity (Wildman–Crippen MR) is 122 cm³/mol. The Morgan fingerprint density at radius 3 is 2.75 bits per heavy atom. The molecule has 0 radical (unpaired) electrons. The van der Waals surface area contributed by atoms with Gasteiger partial charge in [-0.3, -0.25) is 4.79 Å². The number of urea groups is 1. The van der Waals surface area contributed by atoms with Crippen LogP contribution in [0.1, 0.15) is 36.1 Å². The van der Waals surface area contributed by atoms with E-state index in [9.17, 15) is 9.59 Å². The molecular formula is C23H28N6O3. The van der Waals surface area contributed by atoms with Crippen molar-refractivity contribution in [2.75, 3.05) is 24.7 Å². The number of hydrogen-bond donors (Lipinski definition) is 3. The minimum absolute atomic E-state index is 0.230. The van der Waals surface area contributed by atoms with Gasteiger partial charge < -0.3 is 25.7 Å². The molecule has 4 N–H and O–H groups in total. The van der Waals surface area contributed by atoms with Crippen molar-refractivity contribution >= 4 is 23.5 Å². The van der Waals surface area contributed by atoms with E-state index in [-0.39, 0.29) is 12.0 Å². The summed E-state index contributed by atoms with van der Waals surface area (Å²) in [6, 6.07) is 10.9. The normalized spacial score (nSPS) is 11.6. The Hall–Kier alpha value is -3.88. The second-order valence-corrected chi connectivity index (χ2v) is 7.42. The zero-order chi connectivity index (χ0) is 22.9. The second kappa shape index (κ2) is 10.9. The summed E-state index contributed by atoms with van der Waals surface area (Å²) in [4.78, 5) is 32.8. The number of rotatable bonds is 9. The van der Waals surface area contributed by atoms with Crippen LogP contribution in [0, 0.1) is 0 Å². The van der Waals surface area contributed by atoms with Crippen LogP contribution in [0.5, 0.6) is 0 Å². The van der Waals surface area contributed by atoms with E-state index in [4.69, 9.17) is 10.5 Å². The Kier molecular flexibility index (Phi) is 7.80. The Labute approximate surface area is 187 Å². The zero-order valence-corrected chi connectivity index (χ0v) is 18.2. The van der Waals surface area contributed by atoms with E-state index in [1.807, 2.05) is 48.0 Å². The molecule has 32 heavy (non-hydrogen) atoms. The summed E-state index contributed by atoms with van der Waals surface area (Å²) in [6.07, 6.45) is 6.44. The van der Waals surface area contributed by atoms with E-state index in [2.05, 4.69) is 20.6 Å². The number of hydrogen-bond acceptors (Lipinski definition) is 6. The number of ether oxygens (including phenoxy) is 1. The summed E-state index contributed by atoms with van der Waals surface area (Å²) in [5, 5.41) is 5.61. The van der Waals surface area contributed by atoms with Crippen molar-refractivity contribution in [2.24, 2.45) is 0 Å². The summed E-state index contributed by atoms with van der Waals surface area (Å²) >= 11 is 0. The molecule has 2 aromatic heterocycles. The molecule has 3 aromatic rings. The number of benzene rings is 1. The topological polar surface area (TPSA) is 124 Å². The van der Waals surface area contributed by atoms with Crippen LogP contribution in [0.2, 0.25) is 0 Å². The molecule has 0 saturated heterocycles. The number of nitrogens with two attached hydrogens (primary N) is 1. The lowest BCUT2D eigenvalue weighted by molar-refractivity contribution is -0.142.